The summed E-state index contributed by atoms with van der Waals surface area (Å²) in [6.45, 7) is 7.65. The molecule has 0 aliphatic carbocycles. The number of para-hydroxylation sites is 1. The zero-order chi connectivity index (χ0) is 21.6. The van der Waals surface area contributed by atoms with Gasteiger partial charge >= 0.3 is 0 Å². The first-order valence-corrected chi connectivity index (χ1v) is 11.1. The van der Waals surface area contributed by atoms with Crippen molar-refractivity contribution in [3.63, 3.8) is 0 Å². The molecule has 1 fully saturated rings. The Kier molecular flexibility index (Phi) is 6.99. The van der Waals surface area contributed by atoms with Crippen LogP contribution in [-0.2, 0) is 16.1 Å². The molecule has 1 atom stereocenters. The summed E-state index contributed by atoms with van der Waals surface area (Å²) in [5, 5.41) is 4.17. The number of morpholine rings is 1. The van der Waals surface area contributed by atoms with Crippen LogP contribution in [0.3, 0.4) is 0 Å². The van der Waals surface area contributed by atoms with Crippen LogP contribution in [0.2, 0.25) is 0 Å². The fourth-order valence-corrected chi connectivity index (χ4v) is 4.38. The van der Waals surface area contributed by atoms with Crippen LogP contribution in [-0.4, -0.2) is 54.8 Å². The van der Waals surface area contributed by atoms with Gasteiger partial charge in [-0.2, -0.15) is 0 Å². The number of hydrogen-bond donors (Lipinski definition) is 1. The number of ether oxygens (including phenoxy) is 1. The summed E-state index contributed by atoms with van der Waals surface area (Å²) in [5.74, 6) is -0.512. The van der Waals surface area contributed by atoms with Gasteiger partial charge in [-0.15, -0.1) is 0 Å². The number of amides is 1. The number of hydrogen-bond acceptors (Lipinski definition) is 3. The first-order valence-electron chi connectivity index (χ1n) is 11.1. The molecule has 1 saturated heterocycles. The maximum absolute atomic E-state index is 14.1. The summed E-state index contributed by atoms with van der Waals surface area (Å²) in [5.41, 5.74) is 3.02. The van der Waals surface area contributed by atoms with Crippen LogP contribution in [0.25, 0.3) is 10.9 Å². The van der Waals surface area contributed by atoms with Gasteiger partial charge < -0.3 is 14.6 Å². The molecule has 2 heterocycles. The first-order chi connectivity index (χ1) is 15.2. The van der Waals surface area contributed by atoms with Gasteiger partial charge in [-0.1, -0.05) is 30.3 Å². The number of benzene rings is 2. The van der Waals surface area contributed by atoms with Crippen molar-refractivity contribution in [1.29, 1.82) is 0 Å². The summed E-state index contributed by atoms with van der Waals surface area (Å²) in [6.07, 6.45) is 2.39. The Bertz CT molecular complexity index is 1030. The Hall–Kier alpha value is -2.70. The molecular formula is C25H30FN3O2. The highest BCUT2D eigenvalue weighted by Crippen LogP contribution is 2.35. The van der Waals surface area contributed by atoms with Gasteiger partial charge in [-0.25, -0.2) is 4.39 Å². The second kappa shape index (κ2) is 10.1. The molecule has 0 saturated carbocycles. The Morgan fingerprint density at radius 1 is 1.16 bits per heavy atom. The lowest BCUT2D eigenvalue weighted by Gasteiger charge is -2.26. The van der Waals surface area contributed by atoms with Gasteiger partial charge in [0.05, 0.1) is 13.2 Å². The van der Waals surface area contributed by atoms with Crippen LogP contribution in [0.5, 0.6) is 0 Å². The average molecular weight is 424 g/mol. The molecule has 2 aromatic carbocycles. The minimum atomic E-state index is -0.283. The molecule has 4 rings (SSSR count). The number of halogens is 1. The van der Waals surface area contributed by atoms with Crippen molar-refractivity contribution in [3.05, 3.63) is 71.7 Å². The zero-order valence-electron chi connectivity index (χ0n) is 18.0. The van der Waals surface area contributed by atoms with E-state index in [1.165, 1.54) is 6.07 Å². The number of carbonyl (C=O) groups excluding carboxylic acids is 1. The zero-order valence-corrected chi connectivity index (χ0v) is 18.0. The van der Waals surface area contributed by atoms with Gasteiger partial charge in [-0.05, 0) is 36.2 Å². The Morgan fingerprint density at radius 2 is 1.97 bits per heavy atom. The predicted molar refractivity (Wildman–Crippen MR) is 121 cm³/mol. The van der Waals surface area contributed by atoms with Gasteiger partial charge in [-0.3, -0.25) is 9.69 Å². The summed E-state index contributed by atoms with van der Waals surface area (Å²) >= 11 is 0. The number of nitrogens with zero attached hydrogens (tertiary/aromatic N) is 2. The third-order valence-corrected chi connectivity index (χ3v) is 6.03. The molecule has 1 aliphatic heterocycles. The third-order valence-electron chi connectivity index (χ3n) is 6.03. The number of nitrogens with one attached hydrogen (secondary N) is 1. The van der Waals surface area contributed by atoms with Crippen LogP contribution in [0.4, 0.5) is 4.39 Å². The van der Waals surface area contributed by atoms with Crippen LogP contribution in [0, 0.1) is 5.82 Å². The highest BCUT2D eigenvalue weighted by molar-refractivity contribution is 5.86. The SMILES string of the molecule is CCn1cc(C(CC(=O)NCCN2CCOCC2)c2cccc(F)c2)c2ccccc21. The summed E-state index contributed by atoms with van der Waals surface area (Å²) < 4.78 is 21.6. The van der Waals surface area contributed by atoms with Crippen LogP contribution >= 0.6 is 0 Å². The lowest BCUT2D eigenvalue weighted by molar-refractivity contribution is -0.121. The van der Waals surface area contributed by atoms with Crippen molar-refractivity contribution in [2.45, 2.75) is 25.8 Å². The molecule has 164 valence electrons. The number of carbonyl (C=O) groups is 1. The normalized spacial score (nSPS) is 15.8. The summed E-state index contributed by atoms with van der Waals surface area (Å²) in [6, 6.07) is 14.8. The molecule has 5 nitrogen and oxygen atoms in total. The van der Waals surface area contributed by atoms with Crippen LogP contribution < -0.4 is 5.32 Å². The van der Waals surface area contributed by atoms with E-state index in [1.807, 2.05) is 18.2 Å². The number of aromatic nitrogens is 1. The molecular weight excluding hydrogens is 393 g/mol. The number of aryl methyl sites for hydroxylation is 1. The van der Waals surface area contributed by atoms with E-state index in [2.05, 4.69) is 40.0 Å². The maximum atomic E-state index is 14.1. The van der Waals surface area contributed by atoms with Crippen molar-refractivity contribution < 1.29 is 13.9 Å². The van der Waals surface area contributed by atoms with Gasteiger partial charge in [0.15, 0.2) is 0 Å². The molecule has 0 spiro atoms. The van der Waals surface area contributed by atoms with E-state index in [1.54, 1.807) is 12.1 Å². The number of fused-ring (bicyclic) bond motifs is 1. The molecule has 3 aromatic rings. The number of rotatable bonds is 8. The van der Waals surface area contributed by atoms with Crippen LogP contribution in [0.15, 0.2) is 54.7 Å². The van der Waals surface area contributed by atoms with Crippen molar-refractivity contribution in [1.82, 2.24) is 14.8 Å². The molecule has 1 N–H and O–H groups in total. The van der Waals surface area contributed by atoms with E-state index in [9.17, 15) is 9.18 Å². The van der Waals surface area contributed by atoms with Crippen molar-refractivity contribution >= 4 is 16.8 Å². The molecule has 6 heteroatoms. The Labute approximate surface area is 182 Å². The molecule has 1 unspecified atom stereocenters. The topological polar surface area (TPSA) is 46.5 Å². The second-order valence-electron chi connectivity index (χ2n) is 8.00. The van der Waals surface area contributed by atoms with Crippen molar-refractivity contribution in [2.75, 3.05) is 39.4 Å². The second-order valence-corrected chi connectivity index (χ2v) is 8.00. The third kappa shape index (κ3) is 5.14. The van der Waals surface area contributed by atoms with Gasteiger partial charge in [0.2, 0.25) is 5.91 Å². The van der Waals surface area contributed by atoms with E-state index < -0.39 is 0 Å². The monoisotopic (exact) mass is 423 g/mol. The van der Waals surface area contributed by atoms with Crippen LogP contribution in [0.1, 0.15) is 30.4 Å². The molecule has 1 aliphatic rings. The predicted octanol–water partition coefficient (Wildman–Crippen LogP) is 3.77. The highest BCUT2D eigenvalue weighted by atomic mass is 19.1. The average Bonchev–Trinajstić information content (AvgIpc) is 3.17. The van der Waals surface area contributed by atoms with E-state index in [-0.39, 0.29) is 24.1 Å². The smallest absolute Gasteiger partial charge is 0.220 e. The van der Waals surface area contributed by atoms with Crippen molar-refractivity contribution in [3.8, 4) is 0 Å². The largest absolute Gasteiger partial charge is 0.379 e. The summed E-state index contributed by atoms with van der Waals surface area (Å²) in [7, 11) is 0. The molecule has 0 radical (unpaired) electrons. The lowest BCUT2D eigenvalue weighted by atomic mass is 9.88. The van der Waals surface area contributed by atoms with Gasteiger partial charge in [0, 0.05) is 62.2 Å². The fraction of sp³-hybridized carbons (Fsp3) is 0.400. The quantitative estimate of drug-likeness (QED) is 0.600. The molecule has 0 bridgehead atoms. The molecule has 1 aromatic heterocycles. The van der Waals surface area contributed by atoms with E-state index in [4.69, 9.17) is 4.74 Å². The van der Waals surface area contributed by atoms with Gasteiger partial charge in [0.25, 0.3) is 0 Å². The van der Waals surface area contributed by atoms with E-state index >= 15 is 0 Å². The fourth-order valence-electron chi connectivity index (χ4n) is 4.38. The Balaban J connectivity index is 1.55. The first kappa shape index (κ1) is 21.5. The molecule has 31 heavy (non-hydrogen) atoms. The van der Waals surface area contributed by atoms with E-state index in [0.29, 0.717) is 6.54 Å². The van der Waals surface area contributed by atoms with Crippen molar-refractivity contribution in [2.24, 2.45) is 0 Å². The summed E-state index contributed by atoms with van der Waals surface area (Å²) in [4.78, 5) is 15.2. The molecule has 1 amide bonds. The minimum Gasteiger partial charge on any atom is -0.379 e. The standard InChI is InChI=1S/C25H30FN3O2/c1-2-29-18-23(21-8-3-4-9-24(21)29)22(19-6-5-7-20(26)16-19)17-25(30)27-10-11-28-12-14-31-15-13-28/h3-9,16,18,22H,2,10-15,17H2,1H3,(H,27,30). The maximum Gasteiger partial charge on any atom is 0.220 e. The Morgan fingerprint density at radius 3 is 2.74 bits per heavy atom. The lowest BCUT2D eigenvalue weighted by Crippen LogP contribution is -2.41. The minimum absolute atomic E-state index is 0.0177. The van der Waals surface area contributed by atoms with Gasteiger partial charge in [0.1, 0.15) is 5.82 Å². The highest BCUT2D eigenvalue weighted by Gasteiger charge is 2.23. The van der Waals surface area contributed by atoms with E-state index in [0.717, 1.165) is 61.4 Å².